The maximum Gasteiger partial charge on any atom is 0.101 e. The molecule has 0 aliphatic rings. The molecular formula is C13H19N3O. The van der Waals surface area contributed by atoms with E-state index in [1.807, 2.05) is 26.8 Å². The van der Waals surface area contributed by atoms with Crippen molar-refractivity contribution in [2.75, 3.05) is 12.3 Å². The zero-order valence-electron chi connectivity index (χ0n) is 10.5. The predicted octanol–water partition coefficient (Wildman–Crippen LogP) is 1.56. The van der Waals surface area contributed by atoms with Gasteiger partial charge in [-0.05, 0) is 38.5 Å². The van der Waals surface area contributed by atoms with Gasteiger partial charge in [0, 0.05) is 17.8 Å². The molecule has 17 heavy (non-hydrogen) atoms. The highest BCUT2D eigenvalue weighted by atomic mass is 16.3. The van der Waals surface area contributed by atoms with E-state index in [0.29, 0.717) is 23.4 Å². The molecule has 0 saturated carbocycles. The summed E-state index contributed by atoms with van der Waals surface area (Å²) >= 11 is 0. The Bertz CT molecular complexity index is 429. The molecule has 0 saturated heterocycles. The number of hydrogen-bond donors (Lipinski definition) is 3. The molecule has 0 radical (unpaired) electrons. The van der Waals surface area contributed by atoms with Crippen molar-refractivity contribution in [3.8, 4) is 6.07 Å². The number of rotatable bonds is 3. The zero-order valence-corrected chi connectivity index (χ0v) is 10.5. The molecule has 4 nitrogen and oxygen atoms in total. The largest absolute Gasteiger partial charge is 0.398 e. The van der Waals surface area contributed by atoms with Gasteiger partial charge in [-0.15, -0.1) is 0 Å². The van der Waals surface area contributed by atoms with Crippen molar-refractivity contribution in [1.82, 2.24) is 5.32 Å². The molecule has 0 aliphatic heterocycles. The van der Waals surface area contributed by atoms with Gasteiger partial charge < -0.3 is 16.2 Å². The molecule has 0 bridgehead atoms. The molecule has 92 valence electrons. The Labute approximate surface area is 102 Å². The van der Waals surface area contributed by atoms with E-state index in [0.717, 1.165) is 0 Å². The topological polar surface area (TPSA) is 82.1 Å². The molecule has 1 aromatic carbocycles. The first-order valence-electron chi connectivity index (χ1n) is 5.56. The van der Waals surface area contributed by atoms with Gasteiger partial charge in [0.2, 0.25) is 0 Å². The van der Waals surface area contributed by atoms with Crippen molar-refractivity contribution in [2.24, 2.45) is 0 Å². The fraction of sp³-hybridized carbons (Fsp3) is 0.462. The Morgan fingerprint density at radius 2 is 2.12 bits per heavy atom. The number of aliphatic hydroxyl groups is 1. The first-order valence-corrected chi connectivity index (χ1v) is 5.56. The number of hydrogen-bond acceptors (Lipinski definition) is 4. The fourth-order valence-corrected chi connectivity index (χ4v) is 1.40. The van der Waals surface area contributed by atoms with Gasteiger partial charge in [0.1, 0.15) is 6.07 Å². The average Bonchev–Trinajstić information content (AvgIpc) is 2.25. The highest BCUT2D eigenvalue weighted by Gasteiger charge is 2.14. The van der Waals surface area contributed by atoms with Crippen LogP contribution in [0.15, 0.2) is 18.2 Å². The number of β-amino-alcohol motifs (C(OH)–C–C–N with tert-alkyl or cyclic N) is 1. The van der Waals surface area contributed by atoms with Crippen molar-refractivity contribution in [2.45, 2.75) is 32.4 Å². The van der Waals surface area contributed by atoms with Crippen LogP contribution in [-0.4, -0.2) is 17.2 Å². The van der Waals surface area contributed by atoms with Gasteiger partial charge in [-0.2, -0.15) is 5.26 Å². The van der Waals surface area contributed by atoms with Gasteiger partial charge in [0.25, 0.3) is 0 Å². The first kappa shape index (κ1) is 13.5. The monoisotopic (exact) mass is 233 g/mol. The molecule has 0 unspecified atom stereocenters. The quantitative estimate of drug-likeness (QED) is 0.692. The molecule has 1 rings (SSSR count). The maximum atomic E-state index is 9.98. The van der Waals surface area contributed by atoms with Crippen molar-refractivity contribution in [3.63, 3.8) is 0 Å². The van der Waals surface area contributed by atoms with Gasteiger partial charge in [-0.1, -0.05) is 6.07 Å². The molecular weight excluding hydrogens is 214 g/mol. The van der Waals surface area contributed by atoms with Gasteiger partial charge in [0.05, 0.1) is 11.7 Å². The smallest absolute Gasteiger partial charge is 0.101 e. The normalized spacial score (nSPS) is 13.1. The van der Waals surface area contributed by atoms with E-state index in [2.05, 4.69) is 5.32 Å². The molecule has 0 heterocycles. The second-order valence-corrected chi connectivity index (χ2v) is 5.11. The minimum absolute atomic E-state index is 0.0488. The van der Waals surface area contributed by atoms with E-state index >= 15 is 0 Å². The van der Waals surface area contributed by atoms with Crippen molar-refractivity contribution >= 4 is 5.69 Å². The second kappa shape index (κ2) is 5.17. The average molecular weight is 233 g/mol. The summed E-state index contributed by atoms with van der Waals surface area (Å²) in [5, 5.41) is 22.0. The lowest BCUT2D eigenvalue weighted by molar-refractivity contribution is 0.163. The lowest BCUT2D eigenvalue weighted by atomic mass is 10.0. The Balaban J connectivity index is 2.77. The molecule has 4 N–H and O–H groups in total. The molecule has 4 heteroatoms. The zero-order chi connectivity index (χ0) is 13.1. The van der Waals surface area contributed by atoms with Gasteiger partial charge in [-0.3, -0.25) is 0 Å². The van der Waals surface area contributed by atoms with Crippen LogP contribution in [0.5, 0.6) is 0 Å². The van der Waals surface area contributed by atoms with Crippen LogP contribution in [0.4, 0.5) is 5.69 Å². The van der Waals surface area contributed by atoms with E-state index in [9.17, 15) is 5.11 Å². The molecule has 0 fully saturated rings. The summed E-state index contributed by atoms with van der Waals surface area (Å²) in [4.78, 5) is 0. The highest BCUT2D eigenvalue weighted by Crippen LogP contribution is 2.19. The predicted molar refractivity (Wildman–Crippen MR) is 68.3 cm³/mol. The van der Waals surface area contributed by atoms with E-state index in [1.165, 1.54) is 0 Å². The lowest BCUT2D eigenvalue weighted by Crippen LogP contribution is -2.38. The SMILES string of the molecule is CC(C)(C)NC[C@@H](O)c1ccc(N)c(C#N)c1. The van der Waals surface area contributed by atoms with E-state index < -0.39 is 6.10 Å². The standard InChI is InChI=1S/C13H19N3O/c1-13(2,3)16-8-12(17)9-4-5-11(15)10(6-9)7-14/h4-6,12,16-17H,8,15H2,1-3H3/t12-/m1/s1. The highest BCUT2D eigenvalue weighted by molar-refractivity contribution is 5.55. The molecule has 0 aliphatic carbocycles. The Kier molecular flexibility index (Phi) is 4.11. The Morgan fingerprint density at radius 3 is 2.65 bits per heavy atom. The van der Waals surface area contributed by atoms with E-state index in [-0.39, 0.29) is 5.54 Å². The molecule has 0 amide bonds. The van der Waals surface area contributed by atoms with Gasteiger partial charge >= 0.3 is 0 Å². The molecule has 1 aromatic rings. The van der Waals surface area contributed by atoms with Crippen LogP contribution in [0.1, 0.15) is 38.0 Å². The summed E-state index contributed by atoms with van der Waals surface area (Å²) in [5.74, 6) is 0. The van der Waals surface area contributed by atoms with Crippen LogP contribution >= 0.6 is 0 Å². The summed E-state index contributed by atoms with van der Waals surface area (Å²) in [6.07, 6.45) is -0.637. The number of nitrogen functional groups attached to an aromatic ring is 1. The number of aliphatic hydroxyl groups excluding tert-OH is 1. The summed E-state index contributed by atoms with van der Waals surface area (Å²) in [6.45, 7) is 6.54. The summed E-state index contributed by atoms with van der Waals surface area (Å²) < 4.78 is 0. The van der Waals surface area contributed by atoms with Crippen LogP contribution in [0.25, 0.3) is 0 Å². The fourth-order valence-electron chi connectivity index (χ4n) is 1.40. The Morgan fingerprint density at radius 1 is 1.47 bits per heavy atom. The van der Waals surface area contributed by atoms with Gasteiger partial charge in [0.15, 0.2) is 0 Å². The van der Waals surface area contributed by atoms with Crippen LogP contribution in [-0.2, 0) is 0 Å². The van der Waals surface area contributed by atoms with Crippen molar-refractivity contribution in [1.29, 1.82) is 5.26 Å². The summed E-state index contributed by atoms with van der Waals surface area (Å²) in [7, 11) is 0. The molecule has 0 aromatic heterocycles. The third-order valence-electron chi connectivity index (χ3n) is 2.41. The van der Waals surface area contributed by atoms with Crippen LogP contribution in [0.3, 0.4) is 0 Å². The second-order valence-electron chi connectivity index (χ2n) is 5.11. The van der Waals surface area contributed by atoms with Gasteiger partial charge in [-0.25, -0.2) is 0 Å². The van der Waals surface area contributed by atoms with Crippen LogP contribution in [0.2, 0.25) is 0 Å². The minimum Gasteiger partial charge on any atom is -0.398 e. The summed E-state index contributed by atoms with van der Waals surface area (Å²) in [6, 6.07) is 7.02. The number of nitrogens with two attached hydrogens (primary N) is 1. The molecule has 0 spiro atoms. The third kappa shape index (κ3) is 4.06. The van der Waals surface area contributed by atoms with Crippen LogP contribution < -0.4 is 11.1 Å². The number of nitrogens with one attached hydrogen (secondary N) is 1. The van der Waals surface area contributed by atoms with E-state index in [4.69, 9.17) is 11.0 Å². The first-order chi connectivity index (χ1) is 7.83. The maximum absolute atomic E-state index is 9.98. The number of nitrogens with zero attached hydrogens (tertiary/aromatic N) is 1. The number of nitriles is 1. The van der Waals surface area contributed by atoms with Crippen LogP contribution in [0, 0.1) is 11.3 Å². The van der Waals surface area contributed by atoms with Crippen molar-refractivity contribution < 1.29 is 5.11 Å². The van der Waals surface area contributed by atoms with Crippen molar-refractivity contribution in [3.05, 3.63) is 29.3 Å². The van der Waals surface area contributed by atoms with E-state index in [1.54, 1.807) is 18.2 Å². The number of anilines is 1. The molecule has 1 atom stereocenters. The summed E-state index contributed by atoms with van der Waals surface area (Å²) in [5.41, 5.74) is 7.11. The number of benzene rings is 1. The Hall–Kier alpha value is -1.57. The minimum atomic E-state index is -0.637. The lowest BCUT2D eigenvalue weighted by Gasteiger charge is -2.23. The third-order valence-corrected chi connectivity index (χ3v) is 2.41.